The van der Waals surface area contributed by atoms with Crippen LogP contribution in [0.1, 0.15) is 0 Å². The molecule has 11 rings (SSSR count). The number of hydrogen-bond donors (Lipinski definition) is 0. The van der Waals surface area contributed by atoms with Crippen molar-refractivity contribution in [3.8, 4) is 11.5 Å². The van der Waals surface area contributed by atoms with Crippen molar-refractivity contribution in [2.75, 3.05) is 4.90 Å². The lowest BCUT2D eigenvalue weighted by atomic mass is 10.0. The molecule has 11 aromatic rings. The largest absolute Gasteiger partial charge is 0.455 e. The molecule has 0 saturated heterocycles. The molecule has 0 saturated carbocycles. The Labute approximate surface area is 285 Å². The highest BCUT2D eigenvalue weighted by atomic mass is 16.4. The van der Waals surface area contributed by atoms with Crippen molar-refractivity contribution >= 4 is 93.6 Å². The summed E-state index contributed by atoms with van der Waals surface area (Å²) in [5.41, 5.74) is 8.76. The Morgan fingerprint density at radius 2 is 1.14 bits per heavy atom. The first-order valence-electron chi connectivity index (χ1n) is 16.7. The van der Waals surface area contributed by atoms with Gasteiger partial charge in [0.15, 0.2) is 11.2 Å². The number of hydrogen-bond acceptors (Lipinski definition) is 5. The zero-order valence-electron chi connectivity index (χ0n) is 26.6. The van der Waals surface area contributed by atoms with Crippen molar-refractivity contribution in [2.24, 2.45) is 0 Å². The Balaban J connectivity index is 1.13. The lowest BCUT2D eigenvalue weighted by molar-refractivity contribution is 0.620. The second-order valence-electron chi connectivity index (χ2n) is 12.7. The highest BCUT2D eigenvalue weighted by Crippen LogP contribution is 2.46. The maximum Gasteiger partial charge on any atom is 0.228 e. The van der Waals surface area contributed by atoms with Gasteiger partial charge in [0, 0.05) is 49.3 Å². The van der Waals surface area contributed by atoms with E-state index in [9.17, 15) is 0 Å². The molecular weight excluding hydrogens is 617 g/mol. The zero-order valence-corrected chi connectivity index (χ0v) is 26.6. The monoisotopic (exact) mass is 642 g/mol. The first-order valence-corrected chi connectivity index (χ1v) is 16.7. The Kier molecular flexibility index (Phi) is 5.60. The highest BCUT2D eigenvalue weighted by Gasteiger charge is 2.23. The van der Waals surface area contributed by atoms with Gasteiger partial charge in [0.05, 0.1) is 5.69 Å². The van der Waals surface area contributed by atoms with Crippen molar-refractivity contribution in [1.29, 1.82) is 0 Å². The second-order valence-corrected chi connectivity index (χ2v) is 12.7. The predicted molar refractivity (Wildman–Crippen MR) is 204 cm³/mol. The average molecular weight is 643 g/mol. The summed E-state index contributed by atoms with van der Waals surface area (Å²) in [6.07, 6.45) is 0. The van der Waals surface area contributed by atoms with Gasteiger partial charge in [-0.25, -0.2) is 4.98 Å². The molecule has 0 aliphatic carbocycles. The van der Waals surface area contributed by atoms with Crippen LogP contribution >= 0.6 is 0 Å². The van der Waals surface area contributed by atoms with Crippen LogP contribution in [0.15, 0.2) is 171 Å². The van der Waals surface area contributed by atoms with E-state index < -0.39 is 0 Å². The number of para-hydroxylation sites is 2. The third-order valence-electron chi connectivity index (χ3n) is 9.87. The molecule has 0 aliphatic heterocycles. The Morgan fingerprint density at radius 1 is 0.420 bits per heavy atom. The number of benzene rings is 8. The maximum absolute atomic E-state index is 6.78. The van der Waals surface area contributed by atoms with Crippen molar-refractivity contribution in [3.63, 3.8) is 0 Å². The molecule has 3 heterocycles. The fraction of sp³-hybridized carbons (Fsp3) is 0. The van der Waals surface area contributed by atoms with Gasteiger partial charge in [-0.3, -0.25) is 0 Å². The van der Waals surface area contributed by atoms with Gasteiger partial charge in [0.1, 0.15) is 22.3 Å². The van der Waals surface area contributed by atoms with Gasteiger partial charge in [-0.05, 0) is 71.4 Å². The predicted octanol–water partition coefficient (Wildman–Crippen LogP) is 13.1. The number of nitrogens with zero attached hydrogens (tertiary/aromatic N) is 2. The first kappa shape index (κ1) is 27.1. The van der Waals surface area contributed by atoms with Crippen LogP contribution in [0.3, 0.4) is 0 Å². The van der Waals surface area contributed by atoms with E-state index >= 15 is 0 Å². The van der Waals surface area contributed by atoms with Gasteiger partial charge >= 0.3 is 0 Å². The van der Waals surface area contributed by atoms with E-state index in [0.29, 0.717) is 5.89 Å². The normalized spacial score (nSPS) is 12.0. The molecule has 5 heteroatoms. The maximum atomic E-state index is 6.78. The number of rotatable bonds is 4. The van der Waals surface area contributed by atoms with Crippen LogP contribution in [0.2, 0.25) is 0 Å². The van der Waals surface area contributed by atoms with Crippen LogP contribution < -0.4 is 4.90 Å². The summed E-state index contributed by atoms with van der Waals surface area (Å²) < 4.78 is 19.7. The van der Waals surface area contributed by atoms with E-state index in [0.717, 1.165) is 99.1 Å². The van der Waals surface area contributed by atoms with Crippen LogP contribution in [0.25, 0.3) is 88.0 Å². The Morgan fingerprint density at radius 3 is 2.04 bits per heavy atom. The van der Waals surface area contributed by atoms with Gasteiger partial charge in [0.25, 0.3) is 0 Å². The summed E-state index contributed by atoms with van der Waals surface area (Å²) >= 11 is 0. The van der Waals surface area contributed by atoms with Crippen LogP contribution in [-0.4, -0.2) is 4.98 Å². The fourth-order valence-electron chi connectivity index (χ4n) is 7.60. The number of oxazole rings is 1. The summed E-state index contributed by atoms with van der Waals surface area (Å²) in [4.78, 5) is 7.30. The molecule has 3 aromatic heterocycles. The van der Waals surface area contributed by atoms with Crippen LogP contribution in [0.5, 0.6) is 0 Å². The topological polar surface area (TPSA) is 55.6 Å². The van der Waals surface area contributed by atoms with Crippen molar-refractivity contribution < 1.29 is 13.3 Å². The van der Waals surface area contributed by atoms with E-state index in [1.165, 1.54) is 0 Å². The minimum absolute atomic E-state index is 0.569. The summed E-state index contributed by atoms with van der Waals surface area (Å²) in [5.74, 6) is 0.569. The highest BCUT2D eigenvalue weighted by molar-refractivity contribution is 6.17. The molecule has 234 valence electrons. The first-order chi connectivity index (χ1) is 24.8. The molecule has 50 heavy (non-hydrogen) atoms. The molecular formula is C45H26N2O3. The van der Waals surface area contributed by atoms with Crippen molar-refractivity contribution in [1.82, 2.24) is 4.98 Å². The van der Waals surface area contributed by atoms with E-state index in [2.05, 4.69) is 126 Å². The molecule has 0 bridgehead atoms. The number of fused-ring (bicyclic) bond motifs is 11. The van der Waals surface area contributed by atoms with Gasteiger partial charge in [0.2, 0.25) is 5.89 Å². The van der Waals surface area contributed by atoms with Crippen LogP contribution in [0, 0.1) is 0 Å². The van der Waals surface area contributed by atoms with Gasteiger partial charge in [-0.15, -0.1) is 0 Å². The zero-order chi connectivity index (χ0) is 32.8. The SMILES string of the molecule is c1ccc(N(c2ccc3oc4c5ccccc5ccc4c3c2)c2cccc3c2oc2cccc(-c4nc5c(ccc6ccccc65)o4)c23)cc1. The molecule has 0 aliphatic rings. The van der Waals surface area contributed by atoms with E-state index in [1.54, 1.807) is 0 Å². The third-order valence-corrected chi connectivity index (χ3v) is 9.87. The average Bonchev–Trinajstić information content (AvgIpc) is 3.89. The van der Waals surface area contributed by atoms with E-state index in [-0.39, 0.29) is 0 Å². The summed E-state index contributed by atoms with van der Waals surface area (Å²) in [7, 11) is 0. The number of aromatic nitrogens is 1. The minimum atomic E-state index is 0.569. The van der Waals surface area contributed by atoms with Gasteiger partial charge in [-0.2, -0.15) is 0 Å². The molecule has 0 N–H and O–H groups in total. The molecule has 0 fully saturated rings. The standard InChI is InChI=1S/C45H26N2O3/c1-2-12-29(13-3-1)47(30-22-25-38-36(26-30)33-23-20-28-11-5-7-15-32(28)43(33)48-38)37-18-8-16-34-41-35(17-9-19-39(41)49-44(34)37)45-46-42-31-14-6-4-10-27(31)21-24-40(42)50-45/h1-26H. The fourth-order valence-corrected chi connectivity index (χ4v) is 7.60. The third kappa shape index (κ3) is 3.92. The van der Waals surface area contributed by atoms with Crippen LogP contribution in [-0.2, 0) is 0 Å². The summed E-state index contributed by atoms with van der Waals surface area (Å²) in [5, 5.41) is 8.58. The Bertz CT molecular complexity index is 3110. The lowest BCUT2D eigenvalue weighted by Gasteiger charge is -2.25. The summed E-state index contributed by atoms with van der Waals surface area (Å²) in [6.45, 7) is 0. The molecule has 0 amide bonds. The molecule has 0 spiro atoms. The second kappa shape index (κ2) is 10.3. The molecule has 8 aromatic carbocycles. The minimum Gasteiger partial charge on any atom is -0.455 e. The van der Waals surface area contributed by atoms with Crippen molar-refractivity contribution in [2.45, 2.75) is 0 Å². The molecule has 0 radical (unpaired) electrons. The Hall–Kier alpha value is -6.85. The molecule has 5 nitrogen and oxygen atoms in total. The molecule has 0 atom stereocenters. The quantitative estimate of drug-likeness (QED) is 0.191. The van der Waals surface area contributed by atoms with Gasteiger partial charge < -0.3 is 18.2 Å². The van der Waals surface area contributed by atoms with Gasteiger partial charge in [-0.1, -0.05) is 97.1 Å². The molecule has 0 unspecified atom stereocenters. The lowest BCUT2D eigenvalue weighted by Crippen LogP contribution is -2.10. The van der Waals surface area contributed by atoms with Crippen molar-refractivity contribution in [3.05, 3.63) is 158 Å². The van der Waals surface area contributed by atoms with E-state index in [1.807, 2.05) is 36.4 Å². The van der Waals surface area contributed by atoms with Crippen LogP contribution in [0.4, 0.5) is 17.1 Å². The summed E-state index contributed by atoms with van der Waals surface area (Å²) in [6, 6.07) is 54.3. The van der Waals surface area contributed by atoms with E-state index in [4.69, 9.17) is 18.2 Å². The number of furan rings is 2. The number of anilines is 3. The smallest absolute Gasteiger partial charge is 0.228 e.